The first-order valence-corrected chi connectivity index (χ1v) is 6.53. The summed E-state index contributed by atoms with van der Waals surface area (Å²) in [6.45, 7) is 2.70. The van der Waals surface area contributed by atoms with E-state index < -0.39 is 0 Å². The van der Waals surface area contributed by atoms with E-state index in [0.717, 1.165) is 12.8 Å². The lowest BCUT2D eigenvalue weighted by atomic mass is 10.1. The van der Waals surface area contributed by atoms with Crippen molar-refractivity contribution in [3.05, 3.63) is 24.3 Å². The molecule has 2 atom stereocenters. The minimum absolute atomic E-state index is 0.0825. The van der Waals surface area contributed by atoms with E-state index in [2.05, 4.69) is 17.2 Å². The zero-order valence-corrected chi connectivity index (χ0v) is 11.3. The van der Waals surface area contributed by atoms with Gasteiger partial charge in [-0.25, -0.2) is 4.99 Å². The summed E-state index contributed by atoms with van der Waals surface area (Å²) in [5, 5.41) is 12.6. The number of phenols is 1. The van der Waals surface area contributed by atoms with Gasteiger partial charge in [0, 0.05) is 19.5 Å². The largest absolute Gasteiger partial charge is 0.508 e. The molecule has 5 nitrogen and oxygen atoms in total. The number of nitrogens with one attached hydrogen (secondary N) is 1. The van der Waals surface area contributed by atoms with Gasteiger partial charge >= 0.3 is 0 Å². The van der Waals surface area contributed by atoms with Crippen molar-refractivity contribution in [1.82, 2.24) is 5.32 Å². The molecule has 0 saturated carbocycles. The van der Waals surface area contributed by atoms with Crippen LogP contribution in [0.25, 0.3) is 0 Å². The zero-order valence-electron chi connectivity index (χ0n) is 11.3. The van der Waals surface area contributed by atoms with Crippen LogP contribution >= 0.6 is 0 Å². The number of ether oxygens (including phenoxy) is 2. The zero-order chi connectivity index (χ0) is 13.7. The fourth-order valence-electron chi connectivity index (χ4n) is 2.06. The molecule has 0 amide bonds. The number of aromatic hydroxyl groups is 1. The summed E-state index contributed by atoms with van der Waals surface area (Å²) in [6, 6.07) is 7.69. The van der Waals surface area contributed by atoms with Gasteiger partial charge in [-0.15, -0.1) is 0 Å². The lowest BCUT2D eigenvalue weighted by Crippen LogP contribution is -2.32. The van der Waals surface area contributed by atoms with Gasteiger partial charge in [-0.1, -0.05) is 13.0 Å². The van der Waals surface area contributed by atoms with Gasteiger partial charge in [0.1, 0.15) is 24.2 Å². The fraction of sp³-hybridized carbons (Fsp3) is 0.500. The average molecular weight is 264 g/mol. The van der Waals surface area contributed by atoms with Crippen LogP contribution in [-0.4, -0.2) is 36.9 Å². The van der Waals surface area contributed by atoms with Crippen molar-refractivity contribution in [1.29, 1.82) is 0 Å². The van der Waals surface area contributed by atoms with Gasteiger partial charge in [0.2, 0.25) is 0 Å². The molecule has 19 heavy (non-hydrogen) atoms. The van der Waals surface area contributed by atoms with Gasteiger partial charge in [-0.2, -0.15) is 0 Å². The second kappa shape index (κ2) is 6.31. The van der Waals surface area contributed by atoms with Crippen LogP contribution in [0.1, 0.15) is 19.8 Å². The molecule has 1 aliphatic heterocycles. The van der Waals surface area contributed by atoms with E-state index >= 15 is 0 Å². The lowest BCUT2D eigenvalue weighted by Gasteiger charge is -2.20. The molecule has 0 spiro atoms. The Morgan fingerprint density at radius 2 is 2.42 bits per heavy atom. The maximum Gasteiger partial charge on any atom is 0.284 e. The molecule has 2 N–H and O–H groups in total. The summed E-state index contributed by atoms with van der Waals surface area (Å²) in [4.78, 5) is 3.98. The predicted octanol–water partition coefficient (Wildman–Crippen LogP) is 1.91. The molecular weight excluding hydrogens is 244 g/mol. The maximum absolute atomic E-state index is 9.42. The van der Waals surface area contributed by atoms with Crippen LogP contribution in [0.4, 0.5) is 0 Å². The van der Waals surface area contributed by atoms with Gasteiger partial charge in [-0.05, 0) is 18.6 Å². The number of nitrogens with zero attached hydrogens (tertiary/aromatic N) is 1. The van der Waals surface area contributed by atoms with Gasteiger partial charge in [0.15, 0.2) is 0 Å². The van der Waals surface area contributed by atoms with Gasteiger partial charge in [-0.3, -0.25) is 0 Å². The maximum atomic E-state index is 9.42. The van der Waals surface area contributed by atoms with Crippen molar-refractivity contribution in [2.24, 2.45) is 4.99 Å². The average Bonchev–Trinajstić information content (AvgIpc) is 2.85. The molecule has 0 radical (unpaired) electrons. The minimum atomic E-state index is 0.0825. The fourth-order valence-corrected chi connectivity index (χ4v) is 2.06. The number of aliphatic imine (C=N–C) groups is 1. The first-order chi connectivity index (χ1) is 9.21. The van der Waals surface area contributed by atoms with Crippen LogP contribution in [0.3, 0.4) is 0 Å². The summed E-state index contributed by atoms with van der Waals surface area (Å²) in [5.41, 5.74) is 0. The van der Waals surface area contributed by atoms with E-state index in [1.54, 1.807) is 25.2 Å². The van der Waals surface area contributed by atoms with Crippen molar-refractivity contribution in [2.75, 3.05) is 13.7 Å². The third-order valence-corrected chi connectivity index (χ3v) is 3.08. The molecule has 1 heterocycles. The Labute approximate surface area is 113 Å². The molecule has 1 aromatic rings. The van der Waals surface area contributed by atoms with Crippen LogP contribution in [-0.2, 0) is 4.74 Å². The first-order valence-electron chi connectivity index (χ1n) is 6.53. The molecule has 1 unspecified atom stereocenters. The van der Waals surface area contributed by atoms with E-state index in [1.807, 2.05) is 6.07 Å². The highest BCUT2D eigenvalue weighted by molar-refractivity contribution is 5.75. The van der Waals surface area contributed by atoms with Gasteiger partial charge in [0.05, 0.1) is 6.04 Å². The smallest absolute Gasteiger partial charge is 0.284 e. The molecule has 104 valence electrons. The summed E-state index contributed by atoms with van der Waals surface area (Å²) < 4.78 is 11.3. The monoisotopic (exact) mass is 264 g/mol. The molecule has 5 heteroatoms. The number of hydrogen-bond donors (Lipinski definition) is 2. The van der Waals surface area contributed by atoms with E-state index in [1.165, 1.54) is 0 Å². The lowest BCUT2D eigenvalue weighted by molar-refractivity contribution is 0.168. The third kappa shape index (κ3) is 3.77. The van der Waals surface area contributed by atoms with Crippen LogP contribution in [0, 0.1) is 0 Å². The highest BCUT2D eigenvalue weighted by Gasteiger charge is 2.24. The number of benzene rings is 1. The highest BCUT2D eigenvalue weighted by Crippen LogP contribution is 2.21. The van der Waals surface area contributed by atoms with E-state index in [4.69, 9.17) is 9.47 Å². The molecule has 0 bridgehead atoms. The molecule has 1 aliphatic rings. The summed E-state index contributed by atoms with van der Waals surface area (Å²) >= 11 is 0. The quantitative estimate of drug-likeness (QED) is 0.852. The van der Waals surface area contributed by atoms with Gasteiger partial charge < -0.3 is 19.9 Å². The van der Waals surface area contributed by atoms with E-state index in [9.17, 15) is 5.11 Å². The molecule has 1 saturated heterocycles. The van der Waals surface area contributed by atoms with Crippen molar-refractivity contribution in [3.8, 4) is 11.5 Å². The summed E-state index contributed by atoms with van der Waals surface area (Å²) in [5.74, 6) is 0.908. The number of rotatable bonds is 5. The third-order valence-electron chi connectivity index (χ3n) is 3.08. The highest BCUT2D eigenvalue weighted by atomic mass is 16.5. The van der Waals surface area contributed by atoms with Crippen LogP contribution < -0.4 is 10.1 Å². The number of amidine groups is 1. The second-order valence-electron chi connectivity index (χ2n) is 4.56. The summed E-state index contributed by atoms with van der Waals surface area (Å²) in [6.07, 6.45) is 1.82. The standard InChI is InChI=1S/C14H20N2O3/c1-3-12(7-10-9-18-14(15-2)16-10)19-13-6-4-5-11(17)8-13/h4-6,8,10,12,17H,3,7,9H2,1-2H3,(H,15,16)/t10-,12?/m0/s1. The molecule has 0 aromatic heterocycles. The van der Waals surface area contributed by atoms with Gasteiger partial charge in [0.25, 0.3) is 6.02 Å². The summed E-state index contributed by atoms with van der Waals surface area (Å²) in [7, 11) is 1.70. The SMILES string of the molecule is CCC(C[C@H]1COC(=NC)N1)Oc1cccc(O)c1. The van der Waals surface area contributed by atoms with E-state index in [-0.39, 0.29) is 17.9 Å². The Bertz CT molecular complexity index is 448. The van der Waals surface area contributed by atoms with Crippen LogP contribution in [0.15, 0.2) is 29.3 Å². The Kier molecular flexibility index (Phi) is 4.49. The Morgan fingerprint density at radius 3 is 3.05 bits per heavy atom. The number of phenolic OH excluding ortho intramolecular Hbond substituents is 1. The van der Waals surface area contributed by atoms with Crippen molar-refractivity contribution in [2.45, 2.75) is 31.9 Å². The molecule has 1 aromatic carbocycles. The van der Waals surface area contributed by atoms with E-state index in [0.29, 0.717) is 18.4 Å². The molecule has 2 rings (SSSR count). The minimum Gasteiger partial charge on any atom is -0.508 e. The van der Waals surface area contributed by atoms with Crippen molar-refractivity contribution < 1.29 is 14.6 Å². The second-order valence-corrected chi connectivity index (χ2v) is 4.56. The Balaban J connectivity index is 1.90. The molecule has 1 fully saturated rings. The normalized spacial score (nSPS) is 21.8. The number of hydrogen-bond acceptors (Lipinski definition) is 4. The molecular formula is C14H20N2O3. The van der Waals surface area contributed by atoms with Crippen LogP contribution in [0.5, 0.6) is 11.5 Å². The Hall–Kier alpha value is -1.91. The van der Waals surface area contributed by atoms with Crippen molar-refractivity contribution in [3.63, 3.8) is 0 Å². The topological polar surface area (TPSA) is 63.1 Å². The molecule has 0 aliphatic carbocycles. The van der Waals surface area contributed by atoms with Crippen molar-refractivity contribution >= 4 is 6.02 Å². The first kappa shape index (κ1) is 13.5. The van der Waals surface area contributed by atoms with Crippen LogP contribution in [0.2, 0.25) is 0 Å². The Morgan fingerprint density at radius 1 is 1.58 bits per heavy atom. The predicted molar refractivity (Wildman–Crippen MR) is 73.7 cm³/mol.